The van der Waals surface area contributed by atoms with Gasteiger partial charge < -0.3 is 175 Å². The van der Waals surface area contributed by atoms with Crippen molar-refractivity contribution in [3.8, 4) is 0 Å². The first-order valence-corrected chi connectivity index (χ1v) is 27.9. The lowest BCUT2D eigenvalue weighted by Gasteiger charge is -2.50. The molecule has 0 saturated carbocycles. The number of hydrogen-bond donors (Lipinski definition) is 22. The van der Waals surface area contributed by atoms with Crippen LogP contribution in [-0.2, 0) is 76.0 Å². The molecular weight excluding hydrogens is 1190 g/mol. The van der Waals surface area contributed by atoms with E-state index >= 15 is 0 Å². The van der Waals surface area contributed by atoms with Gasteiger partial charge in [-0.3, -0.25) is 14.4 Å². The molecule has 7 saturated heterocycles. The van der Waals surface area contributed by atoms with Crippen molar-refractivity contribution in [3.05, 3.63) is 0 Å². The quantitative estimate of drug-likeness (QED) is 0.0479. The third kappa shape index (κ3) is 15.8. The van der Waals surface area contributed by atoms with E-state index in [0.717, 1.165) is 20.8 Å². The summed E-state index contributed by atoms with van der Waals surface area (Å²) in [5, 5.41) is 214. The van der Waals surface area contributed by atoms with E-state index in [4.69, 9.17) is 61.6 Å². The number of carbonyl (C=O) groups excluding carboxylic acids is 3. The summed E-state index contributed by atoms with van der Waals surface area (Å²) in [7, 11) is 0. The second kappa shape index (κ2) is 31.2. The van der Waals surface area contributed by atoms with Crippen LogP contribution in [0.4, 0.5) is 0 Å². The van der Waals surface area contributed by atoms with E-state index in [1.165, 1.54) is 6.92 Å². The van der Waals surface area contributed by atoms with Crippen molar-refractivity contribution in [2.24, 2.45) is 0 Å². The largest absolute Gasteiger partial charge is 0.394 e. The molecule has 0 radical (unpaired) electrons. The smallest absolute Gasteiger partial charge is 0.217 e. The summed E-state index contributed by atoms with van der Waals surface area (Å²) in [6.07, 6.45) is -60.6. The predicted molar refractivity (Wildman–Crippen MR) is 270 cm³/mol. The topological polar surface area (TPSA) is 592 Å². The van der Waals surface area contributed by atoms with Gasteiger partial charge in [-0.1, -0.05) is 0 Å². The highest BCUT2D eigenvalue weighted by Crippen LogP contribution is 2.37. The second-order valence-electron chi connectivity index (χ2n) is 22.1. The lowest BCUT2D eigenvalue weighted by molar-refractivity contribution is -0.388. The summed E-state index contributed by atoms with van der Waals surface area (Å²) in [6.45, 7) is -2.10. The maximum atomic E-state index is 12.7. The zero-order chi connectivity index (χ0) is 64.2. The molecular formula is C49H83N3O35. The van der Waals surface area contributed by atoms with Crippen molar-refractivity contribution < 1.29 is 173 Å². The van der Waals surface area contributed by atoms with Crippen LogP contribution in [0.1, 0.15) is 27.7 Å². The van der Waals surface area contributed by atoms with Crippen LogP contribution in [0.3, 0.4) is 0 Å². The Bertz CT molecular complexity index is 2180. The zero-order valence-corrected chi connectivity index (χ0v) is 47.2. The molecule has 0 aromatic rings. The molecule has 38 heteroatoms. The van der Waals surface area contributed by atoms with Crippen molar-refractivity contribution in [1.29, 1.82) is 0 Å². The number of ether oxygens (including phenoxy) is 13. The SMILES string of the molecule is CC(=O)NC1C(O)[C@H](O[C@@H]2OC(CO)[C@H](O)[C@H](O)C2O)[C@@H](CO)O[C@@H]1OC1[C@H](OCC2O[C@@H](O[C@H]3C(CO)O[C@@H](O[C@H]4C(CO)O[C@@H](C)C(NC(C)=O)[C@H]4O)C(NC(C)=O)[C@H]3O)C(O)[C@@H](O[C@@H]3OC(CO)[C@H](O)C(O)C3O)[C@H]2O)OC(CO)[C@H](O)[C@@H]1O. The first-order valence-electron chi connectivity index (χ1n) is 27.9. The molecule has 0 aliphatic carbocycles. The Balaban J connectivity index is 1.17. The molecule has 7 aliphatic heterocycles. The van der Waals surface area contributed by atoms with Crippen molar-refractivity contribution in [3.63, 3.8) is 0 Å². The zero-order valence-electron chi connectivity index (χ0n) is 47.2. The van der Waals surface area contributed by atoms with Crippen LogP contribution in [0, 0.1) is 0 Å². The fraction of sp³-hybridized carbons (Fsp3) is 0.939. The van der Waals surface area contributed by atoms with Crippen LogP contribution in [0.2, 0.25) is 0 Å². The minimum atomic E-state index is -2.32. The maximum Gasteiger partial charge on any atom is 0.217 e. The Labute approximate surface area is 494 Å². The van der Waals surface area contributed by atoms with Crippen LogP contribution in [0.5, 0.6) is 0 Å². The second-order valence-corrected chi connectivity index (χ2v) is 22.1. The first-order chi connectivity index (χ1) is 41.1. The summed E-state index contributed by atoms with van der Waals surface area (Å²) in [5.41, 5.74) is 0. The highest BCUT2D eigenvalue weighted by atomic mass is 16.8. The Morgan fingerprint density at radius 1 is 0.310 bits per heavy atom. The minimum absolute atomic E-state index is 0.578. The fourth-order valence-electron chi connectivity index (χ4n) is 11.3. The number of nitrogens with one attached hydrogen (secondary N) is 3. The molecule has 504 valence electrons. The molecule has 0 spiro atoms. The average Bonchev–Trinajstić information content (AvgIpc) is 3.58. The van der Waals surface area contributed by atoms with Crippen molar-refractivity contribution in [2.45, 2.75) is 242 Å². The lowest BCUT2D eigenvalue weighted by Crippen LogP contribution is -2.70. The fourth-order valence-corrected chi connectivity index (χ4v) is 11.3. The van der Waals surface area contributed by atoms with Gasteiger partial charge in [-0.15, -0.1) is 0 Å². The molecule has 7 aliphatic rings. The lowest BCUT2D eigenvalue weighted by atomic mass is 9.92. The summed E-state index contributed by atoms with van der Waals surface area (Å²) in [5.74, 6) is -2.27. The van der Waals surface area contributed by atoms with Crippen molar-refractivity contribution >= 4 is 17.7 Å². The Morgan fingerprint density at radius 2 is 0.621 bits per heavy atom. The van der Waals surface area contributed by atoms with E-state index in [2.05, 4.69) is 16.0 Å². The standard InChI is InChI=1S/C49H83N3O35/c1-12-23(50-13(2)59)30(66)39(19(8-56)76-12)83-44-24(51-14(3)60)31(67)41(21(10-58)80-44)85-48-38(74)42(86-47-37(73)34(70)27(63)17(6-54)78-47)29(65)22(82-48)11-75-49-43(35(71)28(64)18(7-55)79-49)87-45-25(52-15(4)61)32(68)40(20(9-57)81-45)84-46-36(72)33(69)26(62)16(5-53)77-46/h12,16-49,53-58,62-74H,5-11H2,1-4H3,(H,50,59)(H,51,60)(H,52,61)/t12-,16?,17?,18?,19?,20+,21?,22?,23?,24?,25?,26-,27-,28-,29-,30+,31+,32?,33-,34?,35-,36?,37?,38?,39-,40+,41-,42-,43?,44-,45+,46-,47-,48-,49+/m0/s1. The van der Waals surface area contributed by atoms with Gasteiger partial charge in [0, 0.05) is 20.8 Å². The Morgan fingerprint density at radius 3 is 1.03 bits per heavy atom. The molecule has 87 heavy (non-hydrogen) atoms. The average molecular weight is 1270 g/mol. The van der Waals surface area contributed by atoms with Gasteiger partial charge in [-0.05, 0) is 6.92 Å². The monoisotopic (exact) mass is 1270 g/mol. The van der Waals surface area contributed by atoms with Gasteiger partial charge in [0.05, 0.1) is 58.4 Å². The molecule has 15 unspecified atom stereocenters. The molecule has 0 bridgehead atoms. The number of aliphatic hydroxyl groups is 19. The van der Waals surface area contributed by atoms with E-state index in [1.807, 2.05) is 0 Å². The van der Waals surface area contributed by atoms with Gasteiger partial charge in [0.25, 0.3) is 0 Å². The van der Waals surface area contributed by atoms with E-state index in [0.29, 0.717) is 0 Å². The predicted octanol–water partition coefficient (Wildman–Crippen LogP) is -14.8. The highest BCUT2D eigenvalue weighted by molar-refractivity contribution is 5.74. The third-order valence-corrected chi connectivity index (χ3v) is 16.0. The van der Waals surface area contributed by atoms with Gasteiger partial charge in [0.1, 0.15) is 165 Å². The van der Waals surface area contributed by atoms with Crippen LogP contribution in [0.25, 0.3) is 0 Å². The minimum Gasteiger partial charge on any atom is -0.394 e. The number of aliphatic hydroxyl groups excluding tert-OH is 19. The number of hydrogen-bond acceptors (Lipinski definition) is 35. The summed E-state index contributed by atoms with van der Waals surface area (Å²) < 4.78 is 76.2. The van der Waals surface area contributed by atoms with Crippen LogP contribution in [0.15, 0.2) is 0 Å². The van der Waals surface area contributed by atoms with Gasteiger partial charge in [-0.2, -0.15) is 0 Å². The molecule has 0 aromatic heterocycles. The van der Waals surface area contributed by atoms with Crippen molar-refractivity contribution in [1.82, 2.24) is 16.0 Å². The first kappa shape index (κ1) is 71.6. The Kier molecular flexibility index (Phi) is 25.6. The van der Waals surface area contributed by atoms with E-state index < -0.39 is 279 Å². The van der Waals surface area contributed by atoms with E-state index in [1.54, 1.807) is 0 Å². The number of carbonyl (C=O) groups is 3. The van der Waals surface area contributed by atoms with Crippen molar-refractivity contribution in [2.75, 3.05) is 46.2 Å². The molecule has 3 amide bonds. The third-order valence-electron chi connectivity index (χ3n) is 16.0. The maximum absolute atomic E-state index is 12.7. The van der Waals surface area contributed by atoms with Crippen LogP contribution in [-0.4, -0.2) is 376 Å². The number of amides is 3. The molecule has 0 aromatic carbocycles. The highest BCUT2D eigenvalue weighted by Gasteiger charge is 2.58. The number of rotatable bonds is 22. The van der Waals surface area contributed by atoms with Gasteiger partial charge in [0.15, 0.2) is 37.7 Å². The summed E-state index contributed by atoms with van der Waals surface area (Å²) >= 11 is 0. The van der Waals surface area contributed by atoms with E-state index in [-0.39, 0.29) is 0 Å². The van der Waals surface area contributed by atoms with Crippen LogP contribution < -0.4 is 16.0 Å². The van der Waals surface area contributed by atoms with Crippen LogP contribution >= 0.6 is 0 Å². The molecule has 35 atom stereocenters. The molecule has 7 fully saturated rings. The van der Waals surface area contributed by atoms with Gasteiger partial charge in [-0.25, -0.2) is 0 Å². The molecule has 7 rings (SSSR count). The van der Waals surface area contributed by atoms with Gasteiger partial charge >= 0.3 is 0 Å². The summed E-state index contributed by atoms with van der Waals surface area (Å²) in [4.78, 5) is 37.5. The summed E-state index contributed by atoms with van der Waals surface area (Å²) in [6, 6.07) is -4.66. The van der Waals surface area contributed by atoms with Gasteiger partial charge in [0.2, 0.25) is 17.7 Å². The molecule has 22 N–H and O–H groups in total. The Hall–Kier alpha value is -2.87. The van der Waals surface area contributed by atoms with E-state index in [9.17, 15) is 111 Å². The normalized spacial score (nSPS) is 48.9. The molecule has 38 nitrogen and oxygen atoms in total. The molecule has 7 heterocycles.